The van der Waals surface area contributed by atoms with E-state index in [1.165, 1.54) is 23.3 Å². The predicted octanol–water partition coefficient (Wildman–Crippen LogP) is 2.63. The summed E-state index contributed by atoms with van der Waals surface area (Å²) in [4.78, 5) is 14.4. The van der Waals surface area contributed by atoms with Crippen molar-refractivity contribution in [1.29, 1.82) is 0 Å². The minimum absolute atomic E-state index is 0.0592. The van der Waals surface area contributed by atoms with Crippen LogP contribution >= 0.6 is 0 Å². The number of amides is 1. The molecule has 0 unspecified atom stereocenters. The van der Waals surface area contributed by atoms with Gasteiger partial charge in [0.1, 0.15) is 18.3 Å². The molecule has 1 heterocycles. The first kappa shape index (κ1) is 24.7. The Morgan fingerprint density at radius 3 is 2.48 bits per heavy atom. The molecule has 1 aliphatic heterocycles. The van der Waals surface area contributed by atoms with Gasteiger partial charge in [-0.1, -0.05) is 32.3 Å². The quantitative estimate of drug-likeness (QED) is 0.479. The minimum atomic E-state index is -1.19. The Kier molecular flexibility index (Phi) is 7.57. The van der Waals surface area contributed by atoms with Crippen molar-refractivity contribution in [2.24, 2.45) is 23.2 Å². The zero-order valence-corrected chi connectivity index (χ0v) is 19.8. The molecule has 4 N–H and O–H groups in total. The molecular formula is C25H43NO5. The number of carbonyl (C=O) groups is 1. The monoisotopic (exact) mass is 437 g/mol. The highest BCUT2D eigenvalue weighted by Crippen LogP contribution is 2.59. The van der Waals surface area contributed by atoms with Crippen molar-refractivity contribution in [1.82, 2.24) is 4.90 Å². The Hall–Kier alpha value is -0.950. The van der Waals surface area contributed by atoms with Crippen molar-refractivity contribution in [2.45, 2.75) is 103 Å². The topological polar surface area (TPSA) is 101 Å². The second-order valence-electron chi connectivity index (χ2n) is 11.4. The molecule has 6 nitrogen and oxygen atoms in total. The van der Waals surface area contributed by atoms with E-state index in [1.807, 2.05) is 13.8 Å². The summed E-state index contributed by atoms with van der Waals surface area (Å²) in [5, 5.41) is 39.6. The Balaban J connectivity index is 1.67. The Morgan fingerprint density at radius 1 is 1.23 bits per heavy atom. The summed E-state index contributed by atoms with van der Waals surface area (Å²) in [5.74, 6) is 1.48. The smallest absolute Gasteiger partial charge is 0.246 e. The zero-order valence-electron chi connectivity index (χ0n) is 19.8. The van der Waals surface area contributed by atoms with Crippen LogP contribution in [0.2, 0.25) is 0 Å². The number of nitrogens with zero attached hydrogens (tertiary/aromatic N) is 1. The first-order valence-electron chi connectivity index (χ1n) is 12.2. The number of hydrogen-bond donors (Lipinski definition) is 4. The van der Waals surface area contributed by atoms with Crippen LogP contribution in [0.5, 0.6) is 0 Å². The number of aliphatic hydroxyl groups is 4. The van der Waals surface area contributed by atoms with Crippen molar-refractivity contribution in [2.75, 3.05) is 13.1 Å². The lowest BCUT2D eigenvalue weighted by Gasteiger charge is -2.44. The van der Waals surface area contributed by atoms with E-state index in [0.29, 0.717) is 17.8 Å². The van der Waals surface area contributed by atoms with Crippen LogP contribution < -0.4 is 0 Å². The number of fused-ring (bicyclic) bond motifs is 1. The van der Waals surface area contributed by atoms with Crippen molar-refractivity contribution >= 4 is 5.91 Å². The normalized spacial score (nSPS) is 37.2. The molecule has 1 amide bonds. The van der Waals surface area contributed by atoms with Gasteiger partial charge in [0.2, 0.25) is 5.91 Å². The number of piperidine rings is 1. The van der Waals surface area contributed by atoms with Crippen LogP contribution in [0.4, 0.5) is 0 Å². The van der Waals surface area contributed by atoms with Gasteiger partial charge in [0, 0.05) is 19.2 Å². The highest BCUT2D eigenvalue weighted by atomic mass is 16.4. The van der Waals surface area contributed by atoms with Crippen LogP contribution in [-0.4, -0.2) is 68.2 Å². The van der Waals surface area contributed by atoms with Crippen molar-refractivity contribution in [3.8, 4) is 0 Å². The van der Waals surface area contributed by atoms with E-state index in [1.54, 1.807) is 6.08 Å². The summed E-state index contributed by atoms with van der Waals surface area (Å²) in [5.41, 5.74) is 0.824. The average molecular weight is 438 g/mol. The van der Waals surface area contributed by atoms with E-state index < -0.39 is 23.9 Å². The molecule has 178 valence electrons. The van der Waals surface area contributed by atoms with Crippen molar-refractivity contribution in [3.63, 3.8) is 0 Å². The maximum Gasteiger partial charge on any atom is 0.246 e. The lowest BCUT2D eigenvalue weighted by atomic mass is 9.60. The highest BCUT2D eigenvalue weighted by Gasteiger charge is 2.50. The van der Waals surface area contributed by atoms with E-state index in [4.69, 9.17) is 0 Å². The van der Waals surface area contributed by atoms with Crippen LogP contribution in [0.25, 0.3) is 0 Å². The third-order valence-corrected chi connectivity index (χ3v) is 8.40. The first-order chi connectivity index (χ1) is 14.4. The van der Waals surface area contributed by atoms with Gasteiger partial charge in [0.25, 0.3) is 0 Å². The molecule has 6 heteroatoms. The largest absolute Gasteiger partial charge is 0.390 e. The third kappa shape index (κ3) is 5.52. The van der Waals surface area contributed by atoms with Crippen molar-refractivity contribution in [3.05, 3.63) is 11.6 Å². The van der Waals surface area contributed by atoms with Gasteiger partial charge in [-0.15, -0.1) is 0 Å². The number of hydrogen-bond acceptors (Lipinski definition) is 5. The third-order valence-electron chi connectivity index (χ3n) is 8.40. The van der Waals surface area contributed by atoms with E-state index in [0.717, 1.165) is 38.5 Å². The van der Waals surface area contributed by atoms with Gasteiger partial charge in [0.05, 0.1) is 5.60 Å². The number of allylic oxidation sites excluding steroid dienone is 1. The molecule has 31 heavy (non-hydrogen) atoms. The maximum atomic E-state index is 12.9. The number of rotatable bonds is 6. The van der Waals surface area contributed by atoms with Crippen LogP contribution in [0.3, 0.4) is 0 Å². The Labute approximate surface area is 187 Å². The van der Waals surface area contributed by atoms with Gasteiger partial charge >= 0.3 is 0 Å². The fraction of sp³-hybridized carbons (Fsp3) is 0.880. The summed E-state index contributed by atoms with van der Waals surface area (Å²) < 4.78 is 0. The molecule has 0 aromatic heterocycles. The highest BCUT2D eigenvalue weighted by molar-refractivity contribution is 5.88. The summed E-state index contributed by atoms with van der Waals surface area (Å²) in [6, 6.07) is 0. The molecule has 1 saturated heterocycles. The lowest BCUT2D eigenvalue weighted by Crippen LogP contribution is -2.56. The number of likely N-dealkylation sites (tertiary alicyclic amines) is 1. The van der Waals surface area contributed by atoms with Gasteiger partial charge in [-0.05, 0) is 75.5 Å². The van der Waals surface area contributed by atoms with E-state index in [2.05, 4.69) is 13.8 Å². The molecule has 0 aromatic rings. The van der Waals surface area contributed by atoms with Gasteiger partial charge < -0.3 is 25.3 Å². The van der Waals surface area contributed by atoms with E-state index in [-0.39, 0.29) is 24.4 Å². The molecule has 2 saturated carbocycles. The van der Waals surface area contributed by atoms with Crippen LogP contribution in [0.1, 0.15) is 79.1 Å². The molecule has 3 fully saturated rings. The fourth-order valence-electron chi connectivity index (χ4n) is 6.67. The minimum Gasteiger partial charge on any atom is -0.390 e. The fourth-order valence-corrected chi connectivity index (χ4v) is 6.67. The predicted molar refractivity (Wildman–Crippen MR) is 120 cm³/mol. The number of aliphatic hydroxyl groups excluding tert-OH is 3. The molecular weight excluding hydrogens is 394 g/mol. The van der Waals surface area contributed by atoms with Crippen molar-refractivity contribution < 1.29 is 25.2 Å². The van der Waals surface area contributed by atoms with E-state index in [9.17, 15) is 25.2 Å². The number of carbonyl (C=O) groups excluding carboxylic acids is 1. The summed E-state index contributed by atoms with van der Waals surface area (Å²) in [6.45, 7) is 8.63. The van der Waals surface area contributed by atoms with Gasteiger partial charge in [-0.2, -0.15) is 0 Å². The van der Waals surface area contributed by atoms with Gasteiger partial charge in [-0.3, -0.25) is 4.79 Å². The molecule has 2 aliphatic carbocycles. The lowest BCUT2D eigenvalue weighted by molar-refractivity contribution is -0.144. The SMILES string of the molecule is C[C@H](CCCC(C)(C)O)[C@H]1CC[C@H]2/C(=C\C(=O)N3C[C@@H](O)C(O)[C@H](O)C3)CCC[C@]12C. The van der Waals surface area contributed by atoms with Crippen LogP contribution in [0, 0.1) is 23.2 Å². The average Bonchev–Trinajstić information content (AvgIpc) is 3.02. The molecule has 0 spiro atoms. The van der Waals surface area contributed by atoms with E-state index >= 15 is 0 Å². The molecule has 0 aromatic carbocycles. The first-order valence-corrected chi connectivity index (χ1v) is 12.2. The standard InChI is InChI=1S/C25H43NO5/c1-16(7-5-11-24(2,3)31)18-9-10-19-17(8-6-12-25(18,19)4)13-22(29)26-14-20(27)23(30)21(28)15-26/h13,16,18-21,23,27-28,30-31H,5-12,14-15H2,1-4H3/b17-13-/t16-,18-,19+,20-,21-,25-/m1/s1. The van der Waals surface area contributed by atoms with Crippen LogP contribution in [-0.2, 0) is 4.79 Å². The molecule has 3 rings (SSSR count). The van der Waals surface area contributed by atoms with Gasteiger partial charge in [0.15, 0.2) is 0 Å². The Morgan fingerprint density at radius 2 is 1.87 bits per heavy atom. The summed E-state index contributed by atoms with van der Waals surface area (Å²) in [6.07, 6.45) is 6.86. The number of β-amino-alcohol motifs (C(OH)–C–C–N with tert-alkyl or cyclic N) is 2. The molecule has 0 bridgehead atoms. The van der Waals surface area contributed by atoms with Crippen LogP contribution in [0.15, 0.2) is 11.6 Å². The van der Waals surface area contributed by atoms with Gasteiger partial charge in [-0.25, -0.2) is 0 Å². The molecule has 0 radical (unpaired) electrons. The second kappa shape index (κ2) is 9.50. The zero-order chi connectivity index (χ0) is 23.0. The maximum absolute atomic E-state index is 12.9. The summed E-state index contributed by atoms with van der Waals surface area (Å²) >= 11 is 0. The Bertz CT molecular complexity index is 659. The molecule has 6 atom stereocenters. The molecule has 3 aliphatic rings. The second-order valence-corrected chi connectivity index (χ2v) is 11.4. The summed E-state index contributed by atoms with van der Waals surface area (Å²) in [7, 11) is 0.